The first-order valence-electron chi connectivity index (χ1n) is 29.4. The molecule has 0 radical (unpaired) electrons. The number of carboxylic acids is 1. The van der Waals surface area contributed by atoms with Crippen LogP contribution < -0.4 is 54.0 Å². The molecule has 0 aliphatic carbocycles. The summed E-state index contributed by atoms with van der Waals surface area (Å²) in [6.45, 7) is 11.7. The largest absolute Gasteiger partial charge is 0.508 e. The quantitative estimate of drug-likeness (QED) is 0.0528. The van der Waals surface area contributed by atoms with E-state index in [0.29, 0.717) is 24.0 Å². The summed E-state index contributed by atoms with van der Waals surface area (Å²) in [5.41, 5.74) is 12.3. The number of nitrogens with one attached hydrogen (secondary N) is 8. The number of aliphatic hydroxyl groups excluding tert-OH is 1. The number of fused-ring (bicyclic) bond motifs is 2. The summed E-state index contributed by atoms with van der Waals surface area (Å²) in [6.07, 6.45) is -2.06. The minimum atomic E-state index is -1.91. The molecule has 3 heterocycles. The van der Waals surface area contributed by atoms with E-state index in [4.69, 9.17) is 11.5 Å². The van der Waals surface area contributed by atoms with Crippen molar-refractivity contribution in [2.45, 2.75) is 186 Å². The highest BCUT2D eigenvalue weighted by Crippen LogP contribution is 2.24. The molecule has 472 valence electrons. The Balaban J connectivity index is 1.61. The number of nitrogens with zero attached hydrogens (tertiary/aromatic N) is 3. The number of aliphatic hydroxyl groups is 1. The van der Waals surface area contributed by atoms with Crippen LogP contribution in [0.4, 0.5) is 0 Å². The maximum atomic E-state index is 14.9. The summed E-state index contributed by atoms with van der Waals surface area (Å²) in [5.74, 6) is -11.7. The molecule has 3 fully saturated rings. The number of aromatic hydroxyl groups is 1. The van der Waals surface area contributed by atoms with Crippen LogP contribution in [0.1, 0.15) is 117 Å². The highest BCUT2D eigenvalue weighted by Gasteiger charge is 2.44. The predicted molar refractivity (Wildman–Crippen MR) is 314 cm³/mol. The van der Waals surface area contributed by atoms with Gasteiger partial charge in [0.1, 0.15) is 66.2 Å². The summed E-state index contributed by atoms with van der Waals surface area (Å²) >= 11 is 0. The van der Waals surface area contributed by atoms with Crippen LogP contribution in [0.5, 0.6) is 5.75 Å². The first kappa shape index (κ1) is 68.4. The second-order valence-electron chi connectivity index (χ2n) is 23.6. The number of amides is 10. The number of rotatable bonds is 16. The fourth-order valence-corrected chi connectivity index (χ4v) is 10.7. The number of guanidine groups is 1. The van der Waals surface area contributed by atoms with Crippen molar-refractivity contribution >= 4 is 71.0 Å². The van der Waals surface area contributed by atoms with Gasteiger partial charge in [-0.15, -0.1) is 0 Å². The predicted octanol–water partition coefficient (Wildman–Crippen LogP) is -1.29. The zero-order chi connectivity index (χ0) is 63.5. The summed E-state index contributed by atoms with van der Waals surface area (Å²) in [5, 5.41) is 52.2. The van der Waals surface area contributed by atoms with Crippen molar-refractivity contribution in [2.24, 2.45) is 34.2 Å². The lowest BCUT2D eigenvalue weighted by Gasteiger charge is -2.32. The fourth-order valence-electron chi connectivity index (χ4n) is 10.7. The van der Waals surface area contributed by atoms with Gasteiger partial charge in [0.25, 0.3) is 0 Å². The number of phenols is 1. The molecule has 15 N–H and O–H groups in total. The summed E-state index contributed by atoms with van der Waals surface area (Å²) in [4.78, 5) is 164. The number of aliphatic imine (C=N–C) groups is 1. The second kappa shape index (κ2) is 32.2. The first-order valence-corrected chi connectivity index (χ1v) is 29.4. The molecule has 10 amide bonds. The van der Waals surface area contributed by atoms with Gasteiger partial charge in [0, 0.05) is 32.5 Å². The van der Waals surface area contributed by atoms with Crippen LogP contribution in [0, 0.1) is 17.8 Å². The summed E-state index contributed by atoms with van der Waals surface area (Å²) in [7, 11) is 0. The number of aliphatic carboxylic acids is 1. The number of phenolic OH excluding ortho intramolecular Hbond substituents is 1. The lowest BCUT2D eigenvalue weighted by atomic mass is 9.99. The van der Waals surface area contributed by atoms with E-state index in [1.54, 1.807) is 58.0 Å². The molecule has 27 heteroatoms. The van der Waals surface area contributed by atoms with Crippen LogP contribution in [-0.2, 0) is 65.6 Å². The van der Waals surface area contributed by atoms with Crippen molar-refractivity contribution in [1.82, 2.24) is 52.3 Å². The SMILES string of the molecule is CC(C)C[C@@H]1NC(=O)[C@H](CC(=O)O)NC(=O)[C@H]([C@@H](C)O)NC(=O)[C@@H]2CCCN2C(=O)[C@@H](Cc2ccccc2)NC(=O)[C@H](CC(C)C)NC(=O)[C@H](CCCN=C(N)N)NC(=O)[C@H](C(C)C)NC(=O)[C@@H]2CCCN2C(=O)[C@@H](Cc2ccc(O)cc2)NC1=O. The molecular formula is C59H87N13O14. The Bertz CT molecular complexity index is 2760. The molecule has 3 aliphatic rings. The summed E-state index contributed by atoms with van der Waals surface area (Å²) in [6, 6.07) is 0.0662. The van der Waals surface area contributed by atoms with Gasteiger partial charge in [-0.3, -0.25) is 57.7 Å². The molecule has 5 rings (SSSR count). The Hall–Kier alpha value is -8.36. The molecule has 11 atom stereocenters. The third-order valence-electron chi connectivity index (χ3n) is 15.1. The number of nitrogens with two attached hydrogens (primary N) is 2. The van der Waals surface area contributed by atoms with Gasteiger partial charge in [0.2, 0.25) is 59.1 Å². The van der Waals surface area contributed by atoms with Gasteiger partial charge in [0.05, 0.1) is 12.5 Å². The second-order valence-corrected chi connectivity index (χ2v) is 23.6. The van der Waals surface area contributed by atoms with Crippen LogP contribution in [0.2, 0.25) is 0 Å². The molecule has 3 saturated heterocycles. The van der Waals surface area contributed by atoms with E-state index >= 15 is 0 Å². The van der Waals surface area contributed by atoms with Crippen LogP contribution in [0.15, 0.2) is 59.6 Å². The van der Waals surface area contributed by atoms with Crippen molar-refractivity contribution in [3.05, 3.63) is 65.7 Å². The third kappa shape index (κ3) is 20.1. The Morgan fingerprint density at radius 3 is 1.42 bits per heavy atom. The molecule has 0 unspecified atom stereocenters. The van der Waals surface area contributed by atoms with Crippen molar-refractivity contribution < 1.29 is 68.1 Å². The number of benzene rings is 2. The zero-order valence-electron chi connectivity index (χ0n) is 50.0. The van der Waals surface area contributed by atoms with E-state index in [-0.39, 0.29) is 94.5 Å². The van der Waals surface area contributed by atoms with Gasteiger partial charge in [-0.2, -0.15) is 0 Å². The number of hydrogen-bond donors (Lipinski definition) is 13. The normalized spacial score (nSPS) is 26.0. The lowest BCUT2D eigenvalue weighted by Crippen LogP contribution is -2.62. The zero-order valence-corrected chi connectivity index (χ0v) is 50.0. The van der Waals surface area contributed by atoms with Crippen LogP contribution in [0.25, 0.3) is 0 Å². The average Bonchev–Trinajstić information content (AvgIpc) is 3.40. The number of carboxylic acid groups (broad SMARTS) is 1. The molecule has 0 spiro atoms. The van der Waals surface area contributed by atoms with Gasteiger partial charge in [-0.05, 0) is 99.3 Å². The maximum absolute atomic E-state index is 14.9. The van der Waals surface area contributed by atoms with Crippen molar-refractivity contribution in [1.29, 1.82) is 0 Å². The van der Waals surface area contributed by atoms with Gasteiger partial charge < -0.3 is 79.1 Å². The van der Waals surface area contributed by atoms with E-state index in [0.717, 1.165) is 0 Å². The third-order valence-corrected chi connectivity index (χ3v) is 15.1. The Morgan fingerprint density at radius 1 is 0.547 bits per heavy atom. The molecule has 27 nitrogen and oxygen atoms in total. The summed E-state index contributed by atoms with van der Waals surface area (Å²) < 4.78 is 0. The maximum Gasteiger partial charge on any atom is 0.305 e. The molecule has 0 aromatic heterocycles. The molecule has 86 heavy (non-hydrogen) atoms. The molecule has 0 saturated carbocycles. The van der Waals surface area contributed by atoms with E-state index in [2.05, 4.69) is 47.5 Å². The minimum absolute atomic E-state index is 0.0193. The smallest absolute Gasteiger partial charge is 0.305 e. The van der Waals surface area contributed by atoms with E-state index in [1.807, 2.05) is 13.8 Å². The molecule has 3 aliphatic heterocycles. The number of hydrogen-bond acceptors (Lipinski definition) is 14. The molecule has 0 bridgehead atoms. The first-order chi connectivity index (χ1) is 40.6. The fraction of sp³-hybridized carbons (Fsp3) is 0.593. The van der Waals surface area contributed by atoms with Crippen molar-refractivity contribution in [3.63, 3.8) is 0 Å². The van der Waals surface area contributed by atoms with Gasteiger partial charge in [0.15, 0.2) is 5.96 Å². The van der Waals surface area contributed by atoms with Crippen molar-refractivity contribution in [2.75, 3.05) is 19.6 Å². The standard InChI is InChI=1S/C59H87N13O14/c1-31(2)26-39-50(78)67-42(28-35-14-9-8-10-15-35)57(85)72-25-13-18-45(72)54(82)70-48(34(7)73)56(84)66-41(30-46(75)76)52(80)65-40(27-32(3)4)51(79)68-43(29-36-19-21-37(74)22-20-36)58(86)71-24-12-17-44(71)53(81)69-47(33(5)6)55(83)63-38(49(77)64-39)16-11-23-62-59(60)61/h8-10,14-15,19-22,31-34,38-45,47-48,73-74H,11-13,16-18,23-30H2,1-7H3,(H,63,83)(H,64,77)(H,65,80)(H,66,84)(H,67,78)(H,68,79)(H,69,81)(H,70,82)(H,75,76)(H4,60,61,62)/t34-,38+,39+,40+,41+,42-,43-,44+,45+,47+,48+/m1/s1. The molecule has 2 aromatic rings. The van der Waals surface area contributed by atoms with Gasteiger partial charge in [-0.25, -0.2) is 0 Å². The molecular weight excluding hydrogens is 1110 g/mol. The van der Waals surface area contributed by atoms with E-state index in [1.165, 1.54) is 41.0 Å². The van der Waals surface area contributed by atoms with Crippen LogP contribution in [-0.4, -0.2) is 182 Å². The number of carbonyl (C=O) groups excluding carboxylic acids is 10. The minimum Gasteiger partial charge on any atom is -0.508 e. The van der Waals surface area contributed by atoms with Gasteiger partial charge >= 0.3 is 5.97 Å². The topological polar surface area (TPSA) is 416 Å². The van der Waals surface area contributed by atoms with E-state index in [9.17, 15) is 68.1 Å². The Morgan fingerprint density at radius 2 is 0.965 bits per heavy atom. The van der Waals surface area contributed by atoms with Crippen LogP contribution in [0.3, 0.4) is 0 Å². The van der Waals surface area contributed by atoms with Crippen LogP contribution >= 0.6 is 0 Å². The number of carbonyl (C=O) groups is 11. The highest BCUT2D eigenvalue weighted by molar-refractivity contribution is 6.00. The van der Waals surface area contributed by atoms with E-state index < -0.39 is 144 Å². The van der Waals surface area contributed by atoms with Gasteiger partial charge in [-0.1, -0.05) is 84.0 Å². The highest BCUT2D eigenvalue weighted by atomic mass is 16.4. The Kier molecular flexibility index (Phi) is 25.6. The monoisotopic (exact) mass is 1200 g/mol. The Labute approximate surface area is 500 Å². The van der Waals surface area contributed by atoms with Crippen molar-refractivity contribution in [3.8, 4) is 5.75 Å². The lowest BCUT2D eigenvalue weighted by molar-refractivity contribution is -0.144. The average molecular weight is 1200 g/mol. The molecule has 2 aromatic carbocycles.